The summed E-state index contributed by atoms with van der Waals surface area (Å²) < 4.78 is 4.93. The standard InChI is InChI=1S/C34H23N3O5/c1-3-4-5-6-7-8-13-37-31(38)20-11-9-19-28-24(36-2)15-23-27-21(33(40)42-34(23)41)12-10-18(30(27)28)25-17(16-35)14-22(32(37)39)26(20)29(19)25/h9-12,14-15H,3-8,13H2,1H3. The molecular formula is C34H23N3O5. The van der Waals surface area contributed by atoms with E-state index >= 15 is 0 Å². The summed E-state index contributed by atoms with van der Waals surface area (Å²) in [6.45, 7) is 10.4. The van der Waals surface area contributed by atoms with Crippen LogP contribution in [0.2, 0.25) is 0 Å². The smallest absolute Gasteiger partial charge is 0.346 e. The highest BCUT2D eigenvalue weighted by molar-refractivity contribution is 6.42. The highest BCUT2D eigenvalue weighted by Crippen LogP contribution is 2.50. The van der Waals surface area contributed by atoms with E-state index in [1.165, 1.54) is 11.0 Å². The number of amides is 2. The Labute approximate surface area is 240 Å². The highest BCUT2D eigenvalue weighted by Gasteiger charge is 2.36. The molecule has 5 aromatic carbocycles. The van der Waals surface area contributed by atoms with Gasteiger partial charge >= 0.3 is 11.9 Å². The van der Waals surface area contributed by atoms with Crippen molar-refractivity contribution in [3.63, 3.8) is 0 Å². The van der Waals surface area contributed by atoms with Gasteiger partial charge in [0.15, 0.2) is 5.69 Å². The number of imide groups is 1. The van der Waals surface area contributed by atoms with Crippen LogP contribution < -0.4 is 0 Å². The third-order valence-electron chi connectivity index (χ3n) is 8.64. The number of nitrogens with zero attached hydrogens (tertiary/aromatic N) is 3. The minimum absolute atomic E-state index is 0.111. The van der Waals surface area contributed by atoms with Gasteiger partial charge in [0.1, 0.15) is 0 Å². The fourth-order valence-corrected chi connectivity index (χ4v) is 6.77. The van der Waals surface area contributed by atoms with Gasteiger partial charge in [-0.15, -0.1) is 0 Å². The van der Waals surface area contributed by atoms with Gasteiger partial charge in [0, 0.05) is 28.3 Å². The number of rotatable bonds is 7. The van der Waals surface area contributed by atoms with Gasteiger partial charge in [-0.05, 0) is 57.6 Å². The molecule has 2 amide bonds. The molecule has 8 heteroatoms. The number of cyclic esters (lactones) is 2. The third kappa shape index (κ3) is 3.33. The van der Waals surface area contributed by atoms with Crippen LogP contribution in [-0.4, -0.2) is 35.2 Å². The predicted molar refractivity (Wildman–Crippen MR) is 157 cm³/mol. The summed E-state index contributed by atoms with van der Waals surface area (Å²) in [6.07, 6.45) is 6.09. The SMILES string of the molecule is [C-]#[N+]c1cc2c3c(ccc4c5c(C#N)cc6c7c(ccc(c1c34)c75)C(=O)N(CCCCCCCC)C6=O)C(=O)OC2=O. The second kappa shape index (κ2) is 9.36. The lowest BCUT2D eigenvalue weighted by atomic mass is 9.81. The molecular weight excluding hydrogens is 530 g/mol. The fraction of sp³-hybridized carbons (Fsp3) is 0.235. The van der Waals surface area contributed by atoms with E-state index in [4.69, 9.17) is 11.3 Å². The summed E-state index contributed by atoms with van der Waals surface area (Å²) in [6, 6.07) is 11.9. The summed E-state index contributed by atoms with van der Waals surface area (Å²) in [5, 5.41) is 14.3. The quantitative estimate of drug-likeness (QED) is 0.0394. The first kappa shape index (κ1) is 25.6. The van der Waals surface area contributed by atoms with Crippen molar-refractivity contribution in [2.24, 2.45) is 0 Å². The van der Waals surface area contributed by atoms with E-state index in [1.54, 1.807) is 30.3 Å². The Morgan fingerprint density at radius 1 is 0.738 bits per heavy atom. The maximum atomic E-state index is 13.8. The van der Waals surface area contributed by atoms with E-state index in [1.807, 2.05) is 0 Å². The molecule has 0 spiro atoms. The lowest BCUT2D eigenvalue weighted by molar-refractivity contribution is 0.0390. The molecule has 5 aromatic rings. The molecule has 2 aliphatic heterocycles. The number of ether oxygens (including phenoxy) is 1. The second-order valence-corrected chi connectivity index (χ2v) is 10.9. The molecule has 0 unspecified atom stereocenters. The van der Waals surface area contributed by atoms with E-state index in [0.717, 1.165) is 32.1 Å². The van der Waals surface area contributed by atoms with Crippen LogP contribution in [0.15, 0.2) is 36.4 Å². The van der Waals surface area contributed by atoms with Crippen LogP contribution in [0.5, 0.6) is 0 Å². The first-order valence-electron chi connectivity index (χ1n) is 14.1. The number of nitriles is 1. The number of benzene rings is 5. The lowest BCUT2D eigenvalue weighted by Crippen LogP contribution is -2.41. The zero-order valence-electron chi connectivity index (χ0n) is 22.8. The monoisotopic (exact) mass is 553 g/mol. The molecule has 0 radical (unpaired) electrons. The average Bonchev–Trinajstić information content (AvgIpc) is 3.00. The van der Waals surface area contributed by atoms with Crippen molar-refractivity contribution >= 4 is 72.5 Å². The number of carbonyl (C=O) groups is 4. The molecule has 0 N–H and O–H groups in total. The summed E-state index contributed by atoms with van der Waals surface area (Å²) in [5.41, 5.74) is 1.37. The summed E-state index contributed by atoms with van der Waals surface area (Å²) >= 11 is 0. The maximum Gasteiger partial charge on any atom is 0.346 e. The Hall–Kier alpha value is -5.34. The lowest BCUT2D eigenvalue weighted by Gasteiger charge is -2.29. The minimum atomic E-state index is -0.834. The van der Waals surface area contributed by atoms with Crippen molar-refractivity contribution in [2.75, 3.05) is 6.54 Å². The van der Waals surface area contributed by atoms with Crippen molar-refractivity contribution in [3.8, 4) is 6.07 Å². The third-order valence-corrected chi connectivity index (χ3v) is 8.64. The van der Waals surface area contributed by atoms with Gasteiger partial charge in [-0.2, -0.15) is 5.26 Å². The molecule has 0 aliphatic carbocycles. The van der Waals surface area contributed by atoms with Crippen LogP contribution in [0.4, 0.5) is 5.69 Å². The Bertz CT molecular complexity index is 2170. The van der Waals surface area contributed by atoms with E-state index in [-0.39, 0.29) is 33.8 Å². The molecule has 0 saturated carbocycles. The number of esters is 2. The number of carbonyl (C=O) groups excluding carboxylic acids is 4. The van der Waals surface area contributed by atoms with Gasteiger partial charge in [-0.3, -0.25) is 14.5 Å². The number of hydrogen-bond acceptors (Lipinski definition) is 6. The van der Waals surface area contributed by atoms with Crippen molar-refractivity contribution in [1.29, 1.82) is 5.26 Å². The zero-order chi connectivity index (χ0) is 29.3. The molecule has 2 aliphatic rings. The molecule has 2 heterocycles. The topological polar surface area (TPSA) is 109 Å². The van der Waals surface area contributed by atoms with Crippen LogP contribution in [0.1, 0.15) is 92.4 Å². The normalized spacial score (nSPS) is 14.3. The van der Waals surface area contributed by atoms with Crippen molar-refractivity contribution in [1.82, 2.24) is 4.90 Å². The van der Waals surface area contributed by atoms with Crippen LogP contribution in [0, 0.1) is 17.9 Å². The first-order chi connectivity index (χ1) is 20.4. The van der Waals surface area contributed by atoms with Gasteiger partial charge in [-0.1, -0.05) is 51.2 Å². The van der Waals surface area contributed by atoms with E-state index in [2.05, 4.69) is 17.8 Å². The van der Waals surface area contributed by atoms with Gasteiger partial charge in [0.05, 0.1) is 34.9 Å². The molecule has 7 rings (SSSR count). The second-order valence-electron chi connectivity index (χ2n) is 10.9. The van der Waals surface area contributed by atoms with Gasteiger partial charge in [-0.25, -0.2) is 14.4 Å². The largest absolute Gasteiger partial charge is 0.386 e. The highest BCUT2D eigenvalue weighted by atomic mass is 16.6. The molecule has 0 saturated heterocycles. The van der Waals surface area contributed by atoms with Crippen LogP contribution in [-0.2, 0) is 4.74 Å². The van der Waals surface area contributed by atoms with Gasteiger partial charge < -0.3 is 4.74 Å². The maximum absolute atomic E-state index is 13.8. The summed E-state index contributed by atoms with van der Waals surface area (Å²) in [5.74, 6) is -2.42. The average molecular weight is 554 g/mol. The first-order valence-corrected chi connectivity index (χ1v) is 14.1. The Kier molecular flexibility index (Phi) is 5.71. The fourth-order valence-electron chi connectivity index (χ4n) is 6.77. The minimum Gasteiger partial charge on any atom is -0.386 e. The zero-order valence-corrected chi connectivity index (χ0v) is 22.8. The van der Waals surface area contributed by atoms with Gasteiger partial charge in [0.25, 0.3) is 11.8 Å². The van der Waals surface area contributed by atoms with Crippen molar-refractivity contribution in [2.45, 2.75) is 45.4 Å². The molecule has 204 valence electrons. The Morgan fingerprint density at radius 3 is 2.10 bits per heavy atom. The molecule has 0 atom stereocenters. The number of hydrogen-bond donors (Lipinski definition) is 0. The van der Waals surface area contributed by atoms with Crippen LogP contribution in [0.3, 0.4) is 0 Å². The van der Waals surface area contributed by atoms with E-state index in [0.29, 0.717) is 61.6 Å². The molecule has 0 fully saturated rings. The number of unbranched alkanes of at least 4 members (excludes halogenated alkanes) is 5. The number of fused-ring (bicyclic) bond motifs is 2. The summed E-state index contributed by atoms with van der Waals surface area (Å²) in [7, 11) is 0. The molecule has 42 heavy (non-hydrogen) atoms. The molecule has 8 nitrogen and oxygen atoms in total. The van der Waals surface area contributed by atoms with E-state index in [9.17, 15) is 24.4 Å². The van der Waals surface area contributed by atoms with Crippen molar-refractivity contribution < 1.29 is 23.9 Å². The van der Waals surface area contributed by atoms with Crippen molar-refractivity contribution in [3.05, 3.63) is 75.6 Å². The van der Waals surface area contributed by atoms with Crippen LogP contribution in [0.25, 0.3) is 47.9 Å². The molecule has 0 bridgehead atoms. The van der Waals surface area contributed by atoms with Gasteiger partial charge in [0.2, 0.25) is 0 Å². The Balaban J connectivity index is 1.52. The summed E-state index contributed by atoms with van der Waals surface area (Å²) in [4.78, 5) is 57.9. The van der Waals surface area contributed by atoms with Crippen LogP contribution >= 0.6 is 0 Å². The molecule has 0 aromatic heterocycles. The Morgan fingerprint density at radius 2 is 1.36 bits per heavy atom. The van der Waals surface area contributed by atoms with E-state index < -0.39 is 17.8 Å². The predicted octanol–water partition coefficient (Wildman–Crippen LogP) is 7.43.